The second kappa shape index (κ2) is 10.8. The number of allylic oxidation sites excluding steroid dienone is 1. The lowest BCUT2D eigenvalue weighted by Gasteiger charge is -2.16. The van der Waals surface area contributed by atoms with Crippen molar-refractivity contribution in [1.29, 1.82) is 0 Å². The molecule has 0 radical (unpaired) electrons. The first kappa shape index (κ1) is 23.2. The highest BCUT2D eigenvalue weighted by Gasteiger charge is 2.21. The van der Waals surface area contributed by atoms with Gasteiger partial charge in [-0.3, -0.25) is 4.79 Å². The van der Waals surface area contributed by atoms with Crippen molar-refractivity contribution >= 4 is 23.1 Å². The molecule has 180 valence electrons. The number of carbonyl (C=O) groups is 1. The van der Waals surface area contributed by atoms with Crippen LogP contribution in [0.5, 0.6) is 0 Å². The van der Waals surface area contributed by atoms with E-state index in [-0.39, 0.29) is 11.9 Å². The van der Waals surface area contributed by atoms with Gasteiger partial charge in [-0.05, 0) is 48.7 Å². The van der Waals surface area contributed by atoms with E-state index in [0.717, 1.165) is 28.0 Å². The third kappa shape index (κ3) is 5.41. The number of rotatable bonds is 9. The summed E-state index contributed by atoms with van der Waals surface area (Å²) in [6, 6.07) is 25.2. The minimum Gasteiger partial charge on any atom is -0.438 e. The van der Waals surface area contributed by atoms with Gasteiger partial charge in [-0.25, -0.2) is 9.67 Å². The molecule has 0 spiro atoms. The molecule has 1 atom stereocenters. The van der Waals surface area contributed by atoms with Gasteiger partial charge in [-0.15, -0.1) is 5.10 Å². The fraction of sp³-hybridized carbons (Fsp3) is 0.172. The first-order chi connectivity index (χ1) is 17.7. The number of amides is 1. The quantitative estimate of drug-likeness (QED) is 0.304. The maximum atomic E-state index is 13.1. The Hall–Kier alpha value is -4.52. The van der Waals surface area contributed by atoms with E-state index >= 15 is 0 Å². The van der Waals surface area contributed by atoms with Gasteiger partial charge in [0.2, 0.25) is 11.8 Å². The second-order valence-electron chi connectivity index (χ2n) is 8.55. The number of para-hydroxylation sites is 3. The van der Waals surface area contributed by atoms with Gasteiger partial charge in [0.1, 0.15) is 17.3 Å². The fourth-order valence-corrected chi connectivity index (χ4v) is 4.19. The molecule has 2 aromatic heterocycles. The Kier molecular flexibility index (Phi) is 6.98. The van der Waals surface area contributed by atoms with Crippen molar-refractivity contribution in [2.75, 3.05) is 0 Å². The summed E-state index contributed by atoms with van der Waals surface area (Å²) < 4.78 is 7.76. The summed E-state index contributed by atoms with van der Waals surface area (Å²) in [5.74, 6) is 0.439. The highest BCUT2D eigenvalue weighted by Crippen LogP contribution is 2.24. The van der Waals surface area contributed by atoms with Crippen LogP contribution < -0.4 is 5.32 Å². The first-order valence-electron chi connectivity index (χ1n) is 12.0. The molecule has 0 aliphatic carbocycles. The number of aromatic nitrogens is 4. The van der Waals surface area contributed by atoms with E-state index in [0.29, 0.717) is 30.7 Å². The second-order valence-corrected chi connectivity index (χ2v) is 8.55. The lowest BCUT2D eigenvalue weighted by atomic mass is 10.0. The monoisotopic (exact) mass is 477 g/mol. The molecular formula is C29H27N5O2. The van der Waals surface area contributed by atoms with Gasteiger partial charge < -0.3 is 9.73 Å². The van der Waals surface area contributed by atoms with Crippen LogP contribution in [-0.2, 0) is 17.6 Å². The molecule has 36 heavy (non-hydrogen) atoms. The molecule has 3 aromatic carbocycles. The summed E-state index contributed by atoms with van der Waals surface area (Å²) in [5, 5.41) is 11.6. The summed E-state index contributed by atoms with van der Waals surface area (Å²) in [6.45, 7) is 1.94. The normalized spacial score (nSPS) is 12.2. The van der Waals surface area contributed by atoms with Gasteiger partial charge in [0.25, 0.3) is 0 Å². The average Bonchev–Trinajstić information content (AvgIpc) is 3.55. The van der Waals surface area contributed by atoms with E-state index in [1.54, 1.807) is 4.68 Å². The molecule has 7 nitrogen and oxygen atoms in total. The molecule has 5 aromatic rings. The van der Waals surface area contributed by atoms with E-state index < -0.39 is 0 Å². The maximum Gasteiger partial charge on any atom is 0.220 e. The number of benzene rings is 3. The van der Waals surface area contributed by atoms with Gasteiger partial charge in [0, 0.05) is 12.8 Å². The third-order valence-corrected chi connectivity index (χ3v) is 5.93. The summed E-state index contributed by atoms with van der Waals surface area (Å²) >= 11 is 0. The number of hydrogen-bond donors (Lipinski definition) is 1. The van der Waals surface area contributed by atoms with Crippen LogP contribution in [0.2, 0.25) is 0 Å². The number of oxazole rings is 1. The van der Waals surface area contributed by atoms with E-state index in [9.17, 15) is 4.79 Å². The van der Waals surface area contributed by atoms with Crippen LogP contribution in [0.1, 0.15) is 42.1 Å². The Balaban J connectivity index is 1.32. The number of carbonyl (C=O) groups excluding carboxylic acids is 1. The summed E-state index contributed by atoms with van der Waals surface area (Å²) in [5.41, 5.74) is 5.29. The third-order valence-electron chi connectivity index (χ3n) is 5.93. The first-order valence-corrected chi connectivity index (χ1v) is 12.0. The van der Waals surface area contributed by atoms with Crippen LogP contribution in [0.15, 0.2) is 95.6 Å². The Bertz CT molecular complexity index is 1450. The van der Waals surface area contributed by atoms with Gasteiger partial charge >= 0.3 is 0 Å². The zero-order chi connectivity index (χ0) is 24.7. The average molecular weight is 478 g/mol. The number of fused-ring (bicyclic) bond motifs is 1. The van der Waals surface area contributed by atoms with Crippen molar-refractivity contribution in [3.8, 4) is 5.69 Å². The number of nitrogens with one attached hydrogen (secondary N) is 1. The molecule has 0 aliphatic rings. The predicted molar refractivity (Wildman–Crippen MR) is 139 cm³/mol. The van der Waals surface area contributed by atoms with Crippen LogP contribution >= 0.6 is 0 Å². The topological polar surface area (TPSA) is 85.8 Å². The van der Waals surface area contributed by atoms with Gasteiger partial charge in [-0.2, -0.15) is 0 Å². The predicted octanol–water partition coefficient (Wildman–Crippen LogP) is 5.47. The summed E-state index contributed by atoms with van der Waals surface area (Å²) in [4.78, 5) is 17.8. The zero-order valence-electron chi connectivity index (χ0n) is 20.0. The molecule has 0 bridgehead atoms. The Labute approximate surface area is 209 Å². The van der Waals surface area contributed by atoms with Gasteiger partial charge in [0.05, 0.1) is 11.9 Å². The molecule has 1 unspecified atom stereocenters. The van der Waals surface area contributed by atoms with E-state index in [4.69, 9.17) is 4.42 Å². The summed E-state index contributed by atoms with van der Waals surface area (Å²) in [6.07, 6.45) is 7.17. The lowest BCUT2D eigenvalue weighted by molar-refractivity contribution is -0.122. The Morgan fingerprint density at radius 1 is 1.03 bits per heavy atom. The van der Waals surface area contributed by atoms with Crippen LogP contribution in [0, 0.1) is 0 Å². The van der Waals surface area contributed by atoms with E-state index in [1.807, 2.05) is 104 Å². The Morgan fingerprint density at radius 3 is 2.64 bits per heavy atom. The maximum absolute atomic E-state index is 13.1. The van der Waals surface area contributed by atoms with Crippen LogP contribution in [-0.4, -0.2) is 25.9 Å². The number of aryl methyl sites for hydroxylation is 1. The summed E-state index contributed by atoms with van der Waals surface area (Å²) in [7, 11) is 0. The largest absolute Gasteiger partial charge is 0.438 e. The van der Waals surface area contributed by atoms with Crippen molar-refractivity contribution in [3.63, 3.8) is 0 Å². The standard InChI is InChI=1S/C29H27N5O2/c1-2-10-23-20-34(33-32-23)26-15-8-6-13-22(26)17-18-28(35)30-25(19-21-11-4-3-5-12-21)29-31-24-14-7-9-16-27(24)36-29/h2-16,20,25H,17-19H2,1H3,(H,30,35)/b10-2+. The highest BCUT2D eigenvalue weighted by atomic mass is 16.3. The minimum absolute atomic E-state index is 0.0683. The molecule has 0 saturated carbocycles. The molecule has 7 heteroatoms. The lowest BCUT2D eigenvalue weighted by Crippen LogP contribution is -2.30. The SMILES string of the molecule is C/C=C/c1cn(-c2ccccc2CCC(=O)NC(Cc2ccccc2)c2nc3ccccc3o2)nn1. The molecule has 1 amide bonds. The van der Waals surface area contributed by atoms with Crippen molar-refractivity contribution < 1.29 is 9.21 Å². The fourth-order valence-electron chi connectivity index (χ4n) is 4.19. The number of nitrogens with zero attached hydrogens (tertiary/aromatic N) is 4. The van der Waals surface area contributed by atoms with Crippen LogP contribution in [0.4, 0.5) is 0 Å². The molecule has 2 heterocycles. The molecule has 1 N–H and O–H groups in total. The molecule has 0 fully saturated rings. The van der Waals surface area contributed by atoms with E-state index in [1.165, 1.54) is 0 Å². The van der Waals surface area contributed by atoms with E-state index in [2.05, 4.69) is 20.6 Å². The minimum atomic E-state index is -0.374. The van der Waals surface area contributed by atoms with Crippen LogP contribution in [0.25, 0.3) is 22.9 Å². The van der Waals surface area contributed by atoms with Crippen molar-refractivity contribution in [3.05, 3.63) is 114 Å². The highest BCUT2D eigenvalue weighted by molar-refractivity contribution is 5.77. The molecule has 5 rings (SSSR count). The zero-order valence-corrected chi connectivity index (χ0v) is 20.0. The van der Waals surface area contributed by atoms with Crippen LogP contribution in [0.3, 0.4) is 0 Å². The molecule has 0 aliphatic heterocycles. The van der Waals surface area contributed by atoms with Crippen molar-refractivity contribution in [2.45, 2.75) is 32.2 Å². The Morgan fingerprint density at radius 2 is 1.81 bits per heavy atom. The van der Waals surface area contributed by atoms with Gasteiger partial charge in [-0.1, -0.05) is 72.0 Å². The van der Waals surface area contributed by atoms with Crippen molar-refractivity contribution in [1.82, 2.24) is 25.3 Å². The van der Waals surface area contributed by atoms with Gasteiger partial charge in [0.15, 0.2) is 5.58 Å². The smallest absolute Gasteiger partial charge is 0.220 e. The molecule has 0 saturated heterocycles. The number of hydrogen-bond acceptors (Lipinski definition) is 5. The molecular weight excluding hydrogens is 450 g/mol. The van der Waals surface area contributed by atoms with Crippen molar-refractivity contribution in [2.24, 2.45) is 0 Å².